The van der Waals surface area contributed by atoms with Crippen LogP contribution in [0.5, 0.6) is 0 Å². The van der Waals surface area contributed by atoms with Crippen molar-refractivity contribution in [1.82, 2.24) is 9.66 Å². The molecule has 0 aliphatic rings. The zero-order chi connectivity index (χ0) is 17.3. The van der Waals surface area contributed by atoms with E-state index in [-0.39, 0.29) is 16.4 Å². The van der Waals surface area contributed by atoms with Crippen molar-refractivity contribution in [2.24, 2.45) is 0 Å². The predicted molar refractivity (Wildman–Crippen MR) is 92.7 cm³/mol. The third kappa shape index (κ3) is 3.09. The van der Waals surface area contributed by atoms with Crippen LogP contribution < -0.4 is 16.3 Å². The lowest BCUT2D eigenvalue weighted by Crippen LogP contribution is -2.37. The number of para-hydroxylation sites is 1. The van der Waals surface area contributed by atoms with Crippen molar-refractivity contribution < 1.29 is 8.78 Å². The van der Waals surface area contributed by atoms with Crippen molar-refractivity contribution in [1.29, 1.82) is 0 Å². The summed E-state index contributed by atoms with van der Waals surface area (Å²) in [5, 5.41) is 2.98. The maximum Gasteiger partial charge on any atom is 0.280 e. The number of aromatic nitrogens is 2. The van der Waals surface area contributed by atoms with Crippen LogP contribution >= 0.6 is 12.2 Å². The number of benzene rings is 2. The first-order valence-corrected chi connectivity index (χ1v) is 7.38. The fourth-order valence-corrected chi connectivity index (χ4v) is 2.42. The summed E-state index contributed by atoms with van der Waals surface area (Å²) in [6.07, 6.45) is 0. The molecule has 0 atom stereocenters. The van der Waals surface area contributed by atoms with E-state index in [9.17, 15) is 13.6 Å². The van der Waals surface area contributed by atoms with Gasteiger partial charge >= 0.3 is 0 Å². The molecular weight excluding hydrogens is 334 g/mol. The number of nitrogens with zero attached hydrogens (tertiary/aromatic N) is 2. The Morgan fingerprint density at radius 3 is 2.71 bits per heavy atom. The smallest absolute Gasteiger partial charge is 0.280 e. The van der Waals surface area contributed by atoms with Gasteiger partial charge in [0.2, 0.25) is 0 Å². The summed E-state index contributed by atoms with van der Waals surface area (Å²) >= 11 is 5.08. The number of nitrogens with one attached hydrogen (secondary N) is 2. The number of aryl methyl sites for hydroxylation is 1. The molecule has 3 aromatic rings. The fraction of sp³-hybridized carbons (Fsp3) is 0.0625. The van der Waals surface area contributed by atoms with Crippen molar-refractivity contribution in [3.05, 3.63) is 70.3 Å². The van der Waals surface area contributed by atoms with Crippen LogP contribution in [-0.2, 0) is 0 Å². The summed E-state index contributed by atoms with van der Waals surface area (Å²) < 4.78 is 27.7. The third-order valence-electron chi connectivity index (χ3n) is 3.34. The minimum Gasteiger partial charge on any atom is -0.329 e. The highest BCUT2D eigenvalue weighted by atomic mass is 32.1. The second kappa shape index (κ2) is 6.32. The number of fused-ring (bicyclic) bond motifs is 1. The minimum atomic E-state index is -0.792. The second-order valence-electron chi connectivity index (χ2n) is 5.01. The van der Waals surface area contributed by atoms with Crippen LogP contribution in [-0.4, -0.2) is 14.8 Å². The average molecular weight is 346 g/mol. The molecule has 2 aromatic carbocycles. The van der Waals surface area contributed by atoms with Crippen LogP contribution in [0.2, 0.25) is 0 Å². The molecule has 5 nitrogen and oxygen atoms in total. The Hall–Kier alpha value is -2.87. The van der Waals surface area contributed by atoms with Crippen molar-refractivity contribution in [3.8, 4) is 0 Å². The van der Waals surface area contributed by atoms with Gasteiger partial charge in [-0.1, -0.05) is 12.1 Å². The Bertz CT molecular complexity index is 1000. The molecule has 2 N–H and O–H groups in total. The van der Waals surface area contributed by atoms with Gasteiger partial charge in [-0.25, -0.2) is 18.4 Å². The van der Waals surface area contributed by atoms with E-state index in [4.69, 9.17) is 12.2 Å². The van der Waals surface area contributed by atoms with E-state index in [1.54, 1.807) is 31.2 Å². The van der Waals surface area contributed by atoms with E-state index >= 15 is 0 Å². The number of anilines is 1. The summed E-state index contributed by atoms with van der Waals surface area (Å²) in [7, 11) is 0. The normalized spacial score (nSPS) is 10.6. The van der Waals surface area contributed by atoms with Crippen molar-refractivity contribution in [2.45, 2.75) is 6.92 Å². The van der Waals surface area contributed by atoms with Crippen molar-refractivity contribution >= 4 is 33.9 Å². The Labute approximate surface area is 140 Å². The zero-order valence-electron chi connectivity index (χ0n) is 12.5. The van der Waals surface area contributed by atoms with Gasteiger partial charge in [0.15, 0.2) is 5.11 Å². The lowest BCUT2D eigenvalue weighted by Gasteiger charge is -2.15. The second-order valence-corrected chi connectivity index (χ2v) is 5.42. The third-order valence-corrected chi connectivity index (χ3v) is 3.53. The molecule has 0 aliphatic heterocycles. The van der Waals surface area contributed by atoms with Crippen molar-refractivity contribution in [3.63, 3.8) is 0 Å². The lowest BCUT2D eigenvalue weighted by atomic mass is 10.2. The Morgan fingerprint density at radius 2 is 1.96 bits per heavy atom. The van der Waals surface area contributed by atoms with Crippen LogP contribution in [0.3, 0.4) is 0 Å². The number of hydrogen-bond donors (Lipinski definition) is 2. The number of hydrogen-bond acceptors (Lipinski definition) is 3. The molecular formula is C16H12F2N4OS. The van der Waals surface area contributed by atoms with E-state index in [0.717, 1.165) is 12.1 Å². The molecule has 3 rings (SSSR count). The molecule has 0 fully saturated rings. The van der Waals surface area contributed by atoms with E-state index in [2.05, 4.69) is 15.7 Å². The highest BCUT2D eigenvalue weighted by Crippen LogP contribution is 2.14. The molecule has 1 heterocycles. The summed E-state index contributed by atoms with van der Waals surface area (Å²) in [6.45, 7) is 1.64. The molecule has 0 saturated carbocycles. The zero-order valence-corrected chi connectivity index (χ0v) is 13.3. The van der Waals surface area contributed by atoms with Crippen LogP contribution in [0.15, 0.2) is 47.3 Å². The molecule has 122 valence electrons. The maximum atomic E-state index is 13.6. The van der Waals surface area contributed by atoms with Gasteiger partial charge in [0, 0.05) is 6.07 Å². The van der Waals surface area contributed by atoms with E-state index in [0.29, 0.717) is 16.7 Å². The molecule has 0 spiro atoms. The van der Waals surface area contributed by atoms with Crippen LogP contribution in [0.1, 0.15) is 5.82 Å². The first-order valence-electron chi connectivity index (χ1n) is 6.97. The topological polar surface area (TPSA) is 59.0 Å². The average Bonchev–Trinajstić information content (AvgIpc) is 2.54. The van der Waals surface area contributed by atoms with Gasteiger partial charge in [-0.05, 0) is 43.4 Å². The minimum absolute atomic E-state index is 0.00616. The summed E-state index contributed by atoms with van der Waals surface area (Å²) in [4.78, 5) is 16.8. The molecule has 1 aromatic heterocycles. The molecule has 0 unspecified atom stereocenters. The van der Waals surface area contributed by atoms with E-state index < -0.39 is 11.6 Å². The molecule has 0 bridgehead atoms. The highest BCUT2D eigenvalue weighted by Gasteiger charge is 2.10. The highest BCUT2D eigenvalue weighted by molar-refractivity contribution is 7.80. The van der Waals surface area contributed by atoms with Gasteiger partial charge in [0.1, 0.15) is 17.5 Å². The molecule has 0 amide bonds. The van der Waals surface area contributed by atoms with Crippen LogP contribution in [0.4, 0.5) is 14.5 Å². The van der Waals surface area contributed by atoms with Gasteiger partial charge in [0.25, 0.3) is 5.56 Å². The maximum absolute atomic E-state index is 13.6. The van der Waals surface area contributed by atoms with E-state index in [1.165, 1.54) is 10.7 Å². The van der Waals surface area contributed by atoms with Gasteiger partial charge in [-0.2, -0.15) is 0 Å². The molecule has 0 radical (unpaired) electrons. The number of thiocarbonyl (C=S) groups is 1. The Morgan fingerprint density at radius 1 is 1.21 bits per heavy atom. The Kier molecular flexibility index (Phi) is 4.22. The predicted octanol–water partition coefficient (Wildman–Crippen LogP) is 2.92. The summed E-state index contributed by atoms with van der Waals surface area (Å²) in [5.74, 6) is -1.09. The molecule has 0 aliphatic carbocycles. The number of rotatable bonds is 2. The van der Waals surface area contributed by atoms with Gasteiger partial charge in [0.05, 0.1) is 16.6 Å². The molecule has 24 heavy (non-hydrogen) atoms. The monoisotopic (exact) mass is 346 g/mol. The standard InChI is InChI=1S/C16H12F2N4OS/c1-9-19-13-5-3-2-4-11(13)15(23)22(9)21-16(24)20-14-7-6-10(17)8-12(14)18/h2-8H,1H3,(H2,20,21,24). The van der Waals surface area contributed by atoms with Crippen LogP contribution in [0.25, 0.3) is 10.9 Å². The molecule has 8 heteroatoms. The number of halogens is 2. The summed E-state index contributed by atoms with van der Waals surface area (Å²) in [5.41, 5.74) is 2.90. The van der Waals surface area contributed by atoms with E-state index in [1.807, 2.05) is 0 Å². The van der Waals surface area contributed by atoms with Gasteiger partial charge < -0.3 is 5.32 Å². The fourth-order valence-electron chi connectivity index (χ4n) is 2.22. The summed E-state index contributed by atoms with van der Waals surface area (Å²) in [6, 6.07) is 9.96. The molecule has 0 saturated heterocycles. The first-order chi connectivity index (χ1) is 11.5. The largest absolute Gasteiger partial charge is 0.329 e. The van der Waals surface area contributed by atoms with Gasteiger partial charge in [-0.15, -0.1) is 0 Å². The SMILES string of the molecule is Cc1nc2ccccc2c(=O)n1NC(=S)Nc1ccc(F)cc1F. The quantitative estimate of drug-likeness (QED) is 0.699. The van der Waals surface area contributed by atoms with Gasteiger partial charge in [-0.3, -0.25) is 10.2 Å². The van der Waals surface area contributed by atoms with Crippen molar-refractivity contribution in [2.75, 3.05) is 10.7 Å². The van der Waals surface area contributed by atoms with Crippen LogP contribution in [0, 0.1) is 18.6 Å². The first kappa shape index (κ1) is 16.0. The Balaban J connectivity index is 1.89. The lowest BCUT2D eigenvalue weighted by molar-refractivity contribution is 0.586.